The Hall–Kier alpha value is -1.33. The zero-order valence-electron chi connectivity index (χ0n) is 10.4. The van der Waals surface area contributed by atoms with Gasteiger partial charge >= 0.3 is 13.5 Å². The van der Waals surface area contributed by atoms with E-state index in [1.165, 1.54) is 0 Å². The zero-order valence-corrected chi connectivity index (χ0v) is 11.3. The van der Waals surface area contributed by atoms with E-state index in [0.717, 1.165) is 6.20 Å². The molecule has 1 aliphatic rings. The van der Waals surface area contributed by atoms with Crippen LogP contribution in [0.15, 0.2) is 15.8 Å². The predicted molar refractivity (Wildman–Crippen MR) is 65.3 cm³/mol. The molecule has 4 atom stereocenters. The van der Waals surface area contributed by atoms with Crippen LogP contribution in [-0.2, 0) is 13.8 Å². The summed E-state index contributed by atoms with van der Waals surface area (Å²) in [6.45, 7) is -0.680. The van der Waals surface area contributed by atoms with Crippen molar-refractivity contribution in [1.29, 1.82) is 0 Å². The number of aliphatic hydroxyl groups is 2. The van der Waals surface area contributed by atoms with Gasteiger partial charge in [0.2, 0.25) is 0 Å². The summed E-state index contributed by atoms with van der Waals surface area (Å²) >= 11 is 0. The maximum atomic E-state index is 11.6. The van der Waals surface area contributed by atoms with E-state index < -0.39 is 50.1 Å². The molecule has 1 aromatic heterocycles. The molecule has 12 heteroatoms. The number of phosphoric acid groups is 1. The lowest BCUT2D eigenvalue weighted by molar-refractivity contribution is -0.0228. The number of phosphoric ester groups is 1. The van der Waals surface area contributed by atoms with Crippen LogP contribution in [0.3, 0.4) is 0 Å². The van der Waals surface area contributed by atoms with E-state index in [2.05, 4.69) is 9.51 Å². The van der Waals surface area contributed by atoms with Crippen molar-refractivity contribution in [2.45, 2.75) is 24.4 Å². The van der Waals surface area contributed by atoms with E-state index in [1.807, 2.05) is 4.98 Å². The molecule has 2 rings (SSSR count). The van der Waals surface area contributed by atoms with Crippen molar-refractivity contribution in [2.75, 3.05) is 6.61 Å². The number of hydrogen-bond acceptors (Lipinski definition) is 7. The number of ether oxygens (including phenoxy) is 1. The number of nitrogens with one attached hydrogen (secondary N) is 2. The molecule has 0 spiro atoms. The minimum Gasteiger partial charge on any atom is -0.387 e. The standard InChI is InChI=1S/C9H13N2O9P/c12-5-4(2-19-21(16,17)18)20-7(6(5)13)3-1-10-9(15)11-8(3)14/h1,4-7,12-13H,2H2,(H2,16,17,18)(H2,10,11,14,15)/t4-,5?,6?,7+/m1/s1. The number of hydrogen-bond donors (Lipinski definition) is 6. The fourth-order valence-corrected chi connectivity index (χ4v) is 2.29. The van der Waals surface area contributed by atoms with Gasteiger partial charge < -0.3 is 29.7 Å². The maximum absolute atomic E-state index is 11.6. The highest BCUT2D eigenvalue weighted by Gasteiger charge is 2.45. The summed E-state index contributed by atoms with van der Waals surface area (Å²) in [6, 6.07) is 0. The van der Waals surface area contributed by atoms with Gasteiger partial charge in [0.15, 0.2) is 0 Å². The topological polar surface area (TPSA) is 182 Å². The second kappa shape index (κ2) is 5.81. The van der Waals surface area contributed by atoms with E-state index >= 15 is 0 Å². The van der Waals surface area contributed by atoms with E-state index in [-0.39, 0.29) is 5.56 Å². The molecule has 118 valence electrons. The molecule has 2 unspecified atom stereocenters. The van der Waals surface area contributed by atoms with Gasteiger partial charge in [-0.3, -0.25) is 14.3 Å². The fraction of sp³-hybridized carbons (Fsp3) is 0.556. The predicted octanol–water partition coefficient (Wildman–Crippen LogP) is -2.67. The van der Waals surface area contributed by atoms with Gasteiger partial charge in [-0.1, -0.05) is 0 Å². The summed E-state index contributed by atoms with van der Waals surface area (Å²) in [5.41, 5.74) is -1.70. The first-order chi connectivity index (χ1) is 9.69. The van der Waals surface area contributed by atoms with Crippen LogP contribution in [-0.4, -0.2) is 54.9 Å². The Bertz CT molecular complexity index is 664. The molecule has 0 radical (unpaired) electrons. The smallest absolute Gasteiger partial charge is 0.387 e. The van der Waals surface area contributed by atoms with Gasteiger partial charge in [-0.25, -0.2) is 9.36 Å². The minimum absolute atomic E-state index is 0.139. The third kappa shape index (κ3) is 3.66. The van der Waals surface area contributed by atoms with E-state index in [1.54, 1.807) is 0 Å². The van der Waals surface area contributed by atoms with Crippen molar-refractivity contribution in [3.05, 3.63) is 32.6 Å². The Morgan fingerprint density at radius 3 is 2.52 bits per heavy atom. The Balaban J connectivity index is 2.18. The summed E-state index contributed by atoms with van der Waals surface area (Å²) in [6.07, 6.45) is -4.54. The highest BCUT2D eigenvalue weighted by Crippen LogP contribution is 2.38. The van der Waals surface area contributed by atoms with Crippen LogP contribution < -0.4 is 11.2 Å². The average molecular weight is 324 g/mol. The number of aromatic amines is 2. The number of rotatable bonds is 4. The molecule has 1 aromatic rings. The third-order valence-corrected chi connectivity index (χ3v) is 3.41. The number of aliphatic hydroxyl groups excluding tert-OH is 2. The lowest BCUT2D eigenvalue weighted by Crippen LogP contribution is -2.34. The fourth-order valence-electron chi connectivity index (χ4n) is 1.95. The van der Waals surface area contributed by atoms with E-state index in [9.17, 15) is 24.4 Å². The molecule has 2 heterocycles. The summed E-state index contributed by atoms with van der Waals surface area (Å²) in [7, 11) is -4.76. The van der Waals surface area contributed by atoms with Crippen LogP contribution >= 0.6 is 7.82 Å². The van der Waals surface area contributed by atoms with Gasteiger partial charge in [-0.2, -0.15) is 0 Å². The first-order valence-electron chi connectivity index (χ1n) is 5.72. The van der Waals surface area contributed by atoms with Crippen LogP contribution in [0.5, 0.6) is 0 Å². The van der Waals surface area contributed by atoms with Crippen LogP contribution in [0.25, 0.3) is 0 Å². The highest BCUT2D eigenvalue weighted by atomic mass is 31.2. The quantitative estimate of drug-likeness (QED) is 0.322. The second-order valence-electron chi connectivity index (χ2n) is 4.39. The highest BCUT2D eigenvalue weighted by molar-refractivity contribution is 7.46. The van der Waals surface area contributed by atoms with Crippen molar-refractivity contribution in [1.82, 2.24) is 9.97 Å². The monoisotopic (exact) mass is 324 g/mol. The van der Waals surface area contributed by atoms with Crippen molar-refractivity contribution in [3.63, 3.8) is 0 Å². The van der Waals surface area contributed by atoms with Crippen molar-refractivity contribution in [2.24, 2.45) is 0 Å². The van der Waals surface area contributed by atoms with Gasteiger partial charge in [0, 0.05) is 6.20 Å². The Labute approximate surface area is 116 Å². The number of H-pyrrole nitrogens is 2. The van der Waals surface area contributed by atoms with Gasteiger partial charge in [0.25, 0.3) is 5.56 Å². The van der Waals surface area contributed by atoms with Crippen LogP contribution in [0, 0.1) is 0 Å². The van der Waals surface area contributed by atoms with Crippen LogP contribution in [0.4, 0.5) is 0 Å². The van der Waals surface area contributed by atoms with E-state index in [4.69, 9.17) is 14.5 Å². The molecular weight excluding hydrogens is 311 g/mol. The van der Waals surface area contributed by atoms with Gasteiger partial charge in [0.05, 0.1) is 12.2 Å². The van der Waals surface area contributed by atoms with Crippen molar-refractivity contribution >= 4 is 7.82 Å². The molecule has 1 fully saturated rings. The molecule has 0 saturated carbocycles. The second-order valence-corrected chi connectivity index (χ2v) is 5.63. The maximum Gasteiger partial charge on any atom is 0.469 e. The van der Waals surface area contributed by atoms with Crippen molar-refractivity contribution < 1.29 is 33.8 Å². The molecule has 21 heavy (non-hydrogen) atoms. The zero-order chi connectivity index (χ0) is 15.8. The Morgan fingerprint density at radius 2 is 1.95 bits per heavy atom. The minimum atomic E-state index is -4.76. The Morgan fingerprint density at radius 1 is 1.29 bits per heavy atom. The lowest BCUT2D eigenvalue weighted by Gasteiger charge is -2.14. The Kier molecular flexibility index (Phi) is 4.44. The van der Waals surface area contributed by atoms with Gasteiger partial charge in [0.1, 0.15) is 24.4 Å². The van der Waals surface area contributed by atoms with Gasteiger partial charge in [-0.15, -0.1) is 0 Å². The molecule has 6 N–H and O–H groups in total. The molecule has 1 saturated heterocycles. The third-order valence-electron chi connectivity index (χ3n) is 2.92. The first-order valence-corrected chi connectivity index (χ1v) is 7.25. The van der Waals surface area contributed by atoms with Crippen LogP contribution in [0.2, 0.25) is 0 Å². The molecule has 0 aromatic carbocycles. The summed E-state index contributed by atoms with van der Waals surface area (Å²) in [5, 5.41) is 19.6. The SMILES string of the molecule is O=c1[nH]cc([C@@H]2O[C@H](COP(=O)(O)O)C(O)C2O)c(=O)[nH]1. The average Bonchev–Trinajstić information content (AvgIpc) is 2.64. The van der Waals surface area contributed by atoms with Crippen molar-refractivity contribution in [3.8, 4) is 0 Å². The number of aromatic nitrogens is 2. The normalized spacial score (nSPS) is 29.7. The largest absolute Gasteiger partial charge is 0.469 e. The summed E-state index contributed by atoms with van der Waals surface area (Å²) < 4.78 is 20.0. The first kappa shape index (κ1) is 16.0. The summed E-state index contributed by atoms with van der Waals surface area (Å²) in [5.74, 6) is 0. The van der Waals surface area contributed by atoms with Crippen LogP contribution in [0.1, 0.15) is 11.7 Å². The van der Waals surface area contributed by atoms with E-state index in [0.29, 0.717) is 0 Å². The molecular formula is C9H13N2O9P. The molecule has 0 bridgehead atoms. The molecule has 1 aliphatic heterocycles. The lowest BCUT2D eigenvalue weighted by atomic mass is 10.0. The molecule has 0 amide bonds. The summed E-state index contributed by atoms with van der Waals surface area (Å²) in [4.78, 5) is 43.8. The van der Waals surface area contributed by atoms with Gasteiger partial charge in [-0.05, 0) is 0 Å². The molecule has 11 nitrogen and oxygen atoms in total. The molecule has 0 aliphatic carbocycles.